The largest absolute Gasteiger partial charge is 0.489 e. The lowest BCUT2D eigenvalue weighted by molar-refractivity contribution is 0.306. The highest BCUT2D eigenvalue weighted by atomic mass is 16.5. The molecular weight excluding hydrogens is 308 g/mol. The third-order valence-corrected chi connectivity index (χ3v) is 4.08. The van der Waals surface area contributed by atoms with Crippen LogP contribution in [-0.2, 0) is 13.0 Å². The zero-order valence-electron chi connectivity index (χ0n) is 14.3. The molecule has 0 amide bonds. The number of benzene rings is 3. The minimum absolute atomic E-state index is 0.207. The number of nitrogens with one attached hydrogen (secondary N) is 1. The van der Waals surface area contributed by atoms with Crippen molar-refractivity contribution in [3.8, 4) is 5.75 Å². The molecule has 25 heavy (non-hydrogen) atoms. The van der Waals surface area contributed by atoms with E-state index in [9.17, 15) is 0 Å². The van der Waals surface area contributed by atoms with Gasteiger partial charge in [-0.15, -0.1) is 0 Å². The summed E-state index contributed by atoms with van der Waals surface area (Å²) in [4.78, 5) is 0. The predicted molar refractivity (Wildman–Crippen MR) is 104 cm³/mol. The van der Waals surface area contributed by atoms with Crippen LogP contribution in [0.1, 0.15) is 11.1 Å². The Morgan fingerprint density at radius 1 is 0.760 bits per heavy atom. The molecule has 3 aromatic carbocycles. The van der Waals surface area contributed by atoms with Crippen molar-refractivity contribution in [3.63, 3.8) is 0 Å². The molecule has 0 fully saturated rings. The van der Waals surface area contributed by atoms with Crippen LogP contribution in [0.4, 0.5) is 5.69 Å². The molecular formula is C22H24N2O. The van der Waals surface area contributed by atoms with Gasteiger partial charge in [-0.05, 0) is 41.8 Å². The number of hydrogen-bond donors (Lipinski definition) is 2. The van der Waals surface area contributed by atoms with Gasteiger partial charge in [0, 0.05) is 18.3 Å². The summed E-state index contributed by atoms with van der Waals surface area (Å²) in [5, 5.41) is 3.50. The summed E-state index contributed by atoms with van der Waals surface area (Å²) in [6.45, 7) is 1.16. The van der Waals surface area contributed by atoms with Gasteiger partial charge >= 0.3 is 0 Å². The fourth-order valence-corrected chi connectivity index (χ4v) is 2.72. The molecule has 0 aliphatic carbocycles. The van der Waals surface area contributed by atoms with Crippen molar-refractivity contribution in [2.75, 3.05) is 11.9 Å². The van der Waals surface area contributed by atoms with E-state index in [1.54, 1.807) is 0 Å². The maximum atomic E-state index is 5.92. The fraction of sp³-hybridized carbons (Fsp3) is 0.182. The van der Waals surface area contributed by atoms with Crippen LogP contribution in [0.25, 0.3) is 0 Å². The van der Waals surface area contributed by atoms with Gasteiger partial charge in [0.05, 0.1) is 0 Å². The van der Waals surface area contributed by atoms with E-state index in [2.05, 4.69) is 41.7 Å². The molecule has 1 unspecified atom stereocenters. The summed E-state index contributed by atoms with van der Waals surface area (Å²) >= 11 is 0. The van der Waals surface area contributed by atoms with Gasteiger partial charge in [0.25, 0.3) is 0 Å². The van der Waals surface area contributed by atoms with Gasteiger partial charge in [-0.3, -0.25) is 0 Å². The molecule has 3 heteroatoms. The molecule has 0 saturated carbocycles. The van der Waals surface area contributed by atoms with Gasteiger partial charge < -0.3 is 15.8 Å². The average molecular weight is 332 g/mol. The molecule has 1 atom stereocenters. The number of nitrogens with two attached hydrogens (primary N) is 1. The summed E-state index contributed by atoms with van der Waals surface area (Å²) in [7, 11) is 0. The first kappa shape index (κ1) is 17.1. The summed E-state index contributed by atoms with van der Waals surface area (Å²) in [6, 6.07) is 28.8. The molecule has 3 aromatic rings. The smallest absolute Gasteiger partial charge is 0.119 e. The van der Waals surface area contributed by atoms with E-state index in [4.69, 9.17) is 10.5 Å². The Morgan fingerprint density at radius 3 is 1.96 bits per heavy atom. The first-order valence-corrected chi connectivity index (χ1v) is 8.61. The molecule has 0 aromatic heterocycles. The Kier molecular flexibility index (Phi) is 6.07. The topological polar surface area (TPSA) is 47.3 Å². The zero-order valence-corrected chi connectivity index (χ0v) is 14.3. The van der Waals surface area contributed by atoms with Crippen molar-refractivity contribution in [2.24, 2.45) is 5.73 Å². The number of anilines is 1. The lowest BCUT2D eigenvalue weighted by Crippen LogP contribution is -2.30. The predicted octanol–water partition coefficient (Wildman–Crippen LogP) is 4.25. The number of rotatable bonds is 8. The van der Waals surface area contributed by atoms with Crippen LogP contribution in [-0.4, -0.2) is 12.6 Å². The van der Waals surface area contributed by atoms with E-state index in [0.717, 1.165) is 23.4 Å². The van der Waals surface area contributed by atoms with Gasteiger partial charge in [-0.1, -0.05) is 60.7 Å². The molecule has 0 aliphatic rings. The van der Waals surface area contributed by atoms with E-state index in [-0.39, 0.29) is 6.04 Å². The molecule has 3 nitrogen and oxygen atoms in total. The maximum Gasteiger partial charge on any atom is 0.119 e. The summed E-state index contributed by atoms with van der Waals surface area (Å²) < 4.78 is 5.82. The molecule has 128 valence electrons. The molecule has 0 heterocycles. The zero-order chi connectivity index (χ0) is 17.3. The fourth-order valence-electron chi connectivity index (χ4n) is 2.72. The quantitative estimate of drug-likeness (QED) is 0.648. The highest BCUT2D eigenvalue weighted by Gasteiger charge is 2.07. The van der Waals surface area contributed by atoms with Crippen LogP contribution in [0.2, 0.25) is 0 Å². The molecule has 0 radical (unpaired) electrons. The van der Waals surface area contributed by atoms with E-state index in [1.165, 1.54) is 5.56 Å². The van der Waals surface area contributed by atoms with Gasteiger partial charge in [-0.25, -0.2) is 0 Å². The number of hydrogen-bond acceptors (Lipinski definition) is 3. The second-order valence-corrected chi connectivity index (χ2v) is 6.07. The Hall–Kier alpha value is -2.78. The normalized spacial score (nSPS) is 11.7. The van der Waals surface area contributed by atoms with Gasteiger partial charge in [-0.2, -0.15) is 0 Å². The van der Waals surface area contributed by atoms with Crippen LogP contribution >= 0.6 is 0 Å². The first-order valence-electron chi connectivity index (χ1n) is 8.61. The SMILES string of the molecule is NCC(Cc1ccccc1)Nc1ccc(OCc2ccccc2)cc1. The summed E-state index contributed by atoms with van der Waals surface area (Å²) in [6.07, 6.45) is 0.906. The summed E-state index contributed by atoms with van der Waals surface area (Å²) in [5.74, 6) is 0.863. The summed E-state index contributed by atoms with van der Waals surface area (Å²) in [5.41, 5.74) is 9.43. The molecule has 0 spiro atoms. The standard InChI is InChI=1S/C22H24N2O/c23-16-21(15-18-7-3-1-4-8-18)24-20-11-13-22(14-12-20)25-17-19-9-5-2-6-10-19/h1-14,21,24H,15-17,23H2. The minimum atomic E-state index is 0.207. The van der Waals surface area contributed by atoms with Crippen molar-refractivity contribution in [1.29, 1.82) is 0 Å². The minimum Gasteiger partial charge on any atom is -0.489 e. The second kappa shape index (κ2) is 8.90. The van der Waals surface area contributed by atoms with E-state index >= 15 is 0 Å². The first-order chi connectivity index (χ1) is 12.3. The van der Waals surface area contributed by atoms with Crippen molar-refractivity contribution in [1.82, 2.24) is 0 Å². The lowest BCUT2D eigenvalue weighted by atomic mass is 10.1. The molecule has 3 rings (SSSR count). The highest BCUT2D eigenvalue weighted by Crippen LogP contribution is 2.18. The van der Waals surface area contributed by atoms with E-state index < -0.39 is 0 Å². The Morgan fingerprint density at radius 2 is 1.36 bits per heavy atom. The van der Waals surface area contributed by atoms with E-state index in [0.29, 0.717) is 13.2 Å². The van der Waals surface area contributed by atoms with Gasteiger partial charge in [0.15, 0.2) is 0 Å². The van der Waals surface area contributed by atoms with Crippen LogP contribution < -0.4 is 15.8 Å². The monoisotopic (exact) mass is 332 g/mol. The number of ether oxygens (including phenoxy) is 1. The Bertz CT molecular complexity index is 742. The van der Waals surface area contributed by atoms with Crippen molar-refractivity contribution < 1.29 is 4.74 Å². The van der Waals surface area contributed by atoms with E-state index in [1.807, 2.05) is 48.5 Å². The lowest BCUT2D eigenvalue weighted by Gasteiger charge is -2.18. The maximum absolute atomic E-state index is 5.92. The third-order valence-electron chi connectivity index (χ3n) is 4.08. The van der Waals surface area contributed by atoms with Gasteiger partial charge in [0.1, 0.15) is 12.4 Å². The third kappa shape index (κ3) is 5.37. The molecule has 0 saturated heterocycles. The van der Waals surface area contributed by atoms with Crippen molar-refractivity contribution in [2.45, 2.75) is 19.1 Å². The van der Waals surface area contributed by atoms with Crippen LogP contribution in [0.5, 0.6) is 5.75 Å². The molecule has 0 aliphatic heterocycles. The second-order valence-electron chi connectivity index (χ2n) is 6.07. The Labute approximate surface area is 149 Å². The van der Waals surface area contributed by atoms with Crippen molar-refractivity contribution in [3.05, 3.63) is 96.1 Å². The molecule has 3 N–H and O–H groups in total. The highest BCUT2D eigenvalue weighted by molar-refractivity contribution is 5.47. The average Bonchev–Trinajstić information content (AvgIpc) is 2.68. The van der Waals surface area contributed by atoms with Crippen molar-refractivity contribution >= 4 is 5.69 Å². The Balaban J connectivity index is 1.54. The van der Waals surface area contributed by atoms with Gasteiger partial charge in [0.2, 0.25) is 0 Å². The van der Waals surface area contributed by atoms with Crippen LogP contribution in [0.3, 0.4) is 0 Å². The van der Waals surface area contributed by atoms with Crippen LogP contribution in [0, 0.1) is 0 Å². The van der Waals surface area contributed by atoms with Crippen LogP contribution in [0.15, 0.2) is 84.9 Å². The molecule has 0 bridgehead atoms.